The maximum Gasteiger partial charge on any atom is 0.129 e. The number of methoxy groups -OCH3 is 1. The van der Waals surface area contributed by atoms with Crippen molar-refractivity contribution < 1.29 is 9.53 Å². The van der Waals surface area contributed by atoms with Gasteiger partial charge in [0.05, 0.1) is 6.61 Å². The second kappa shape index (κ2) is 8.86. The van der Waals surface area contributed by atoms with Crippen molar-refractivity contribution in [3.05, 3.63) is 0 Å². The average Bonchev–Trinajstić information content (AvgIpc) is 2.12. The molecule has 0 rings (SSSR count). The number of hydrogen-bond acceptors (Lipinski definition) is 3. The maximum atomic E-state index is 10.8. The van der Waals surface area contributed by atoms with Crippen molar-refractivity contribution >= 4 is 5.78 Å². The fourth-order valence-electron chi connectivity index (χ4n) is 1.58. The van der Waals surface area contributed by atoms with E-state index in [9.17, 15) is 4.79 Å². The van der Waals surface area contributed by atoms with Crippen LogP contribution in [0.1, 0.15) is 33.6 Å². The Bertz CT molecular complexity index is 169. The third-order valence-corrected chi connectivity index (χ3v) is 2.24. The van der Waals surface area contributed by atoms with E-state index in [4.69, 9.17) is 4.74 Å². The lowest BCUT2D eigenvalue weighted by atomic mass is 10.2. The van der Waals surface area contributed by atoms with Gasteiger partial charge in [-0.3, -0.25) is 0 Å². The van der Waals surface area contributed by atoms with Gasteiger partial charge in [0.25, 0.3) is 0 Å². The molecule has 0 aliphatic heterocycles. The highest BCUT2D eigenvalue weighted by atomic mass is 16.5. The van der Waals surface area contributed by atoms with Crippen LogP contribution >= 0.6 is 0 Å². The van der Waals surface area contributed by atoms with Crippen molar-refractivity contribution in [2.45, 2.75) is 33.6 Å². The average molecular weight is 215 g/mol. The number of rotatable bonds is 9. The molecule has 0 saturated heterocycles. The Balaban J connectivity index is 3.73. The smallest absolute Gasteiger partial charge is 0.129 e. The van der Waals surface area contributed by atoms with E-state index in [0.717, 1.165) is 32.7 Å². The lowest BCUT2D eigenvalue weighted by Crippen LogP contribution is -2.32. The topological polar surface area (TPSA) is 29.5 Å². The first-order valence-electron chi connectivity index (χ1n) is 5.77. The molecule has 0 aromatic heterocycles. The molecule has 0 aromatic rings. The lowest BCUT2D eigenvalue weighted by molar-refractivity contribution is -0.117. The summed E-state index contributed by atoms with van der Waals surface area (Å²) < 4.78 is 5.07. The predicted molar refractivity (Wildman–Crippen MR) is 63.1 cm³/mol. The molecule has 0 spiro atoms. The van der Waals surface area contributed by atoms with E-state index in [1.807, 2.05) is 0 Å². The minimum Gasteiger partial charge on any atom is -0.383 e. The van der Waals surface area contributed by atoms with Gasteiger partial charge in [0, 0.05) is 26.6 Å². The van der Waals surface area contributed by atoms with E-state index >= 15 is 0 Å². The maximum absolute atomic E-state index is 10.8. The molecule has 90 valence electrons. The van der Waals surface area contributed by atoms with E-state index in [-0.39, 0.29) is 5.78 Å². The monoisotopic (exact) mass is 215 g/mol. The summed E-state index contributed by atoms with van der Waals surface area (Å²) in [5, 5.41) is 0. The second-order valence-electron chi connectivity index (χ2n) is 4.49. The molecule has 0 fully saturated rings. The van der Waals surface area contributed by atoms with Gasteiger partial charge in [-0.25, -0.2) is 0 Å². The van der Waals surface area contributed by atoms with Crippen molar-refractivity contribution in [2.75, 3.05) is 33.4 Å². The van der Waals surface area contributed by atoms with E-state index in [1.54, 1.807) is 14.0 Å². The van der Waals surface area contributed by atoms with Crippen molar-refractivity contribution in [3.63, 3.8) is 0 Å². The number of nitrogens with zero attached hydrogens (tertiary/aromatic N) is 1. The van der Waals surface area contributed by atoms with Crippen LogP contribution < -0.4 is 0 Å². The van der Waals surface area contributed by atoms with Crippen LogP contribution in [-0.2, 0) is 9.53 Å². The largest absolute Gasteiger partial charge is 0.383 e. The Morgan fingerprint density at radius 1 is 1.33 bits per heavy atom. The van der Waals surface area contributed by atoms with Crippen LogP contribution in [0.4, 0.5) is 0 Å². The van der Waals surface area contributed by atoms with Crippen molar-refractivity contribution in [1.29, 1.82) is 0 Å². The summed E-state index contributed by atoms with van der Waals surface area (Å²) in [5.74, 6) is 0.949. The first kappa shape index (κ1) is 14.6. The van der Waals surface area contributed by atoms with Crippen LogP contribution in [0, 0.1) is 5.92 Å². The third-order valence-electron chi connectivity index (χ3n) is 2.24. The van der Waals surface area contributed by atoms with Crippen LogP contribution in [0.15, 0.2) is 0 Å². The highest BCUT2D eigenvalue weighted by Gasteiger charge is 2.07. The molecule has 0 unspecified atom stereocenters. The van der Waals surface area contributed by atoms with Gasteiger partial charge in [0.1, 0.15) is 5.78 Å². The summed E-state index contributed by atoms with van der Waals surface area (Å²) in [6.07, 6.45) is 1.66. The van der Waals surface area contributed by atoms with E-state index < -0.39 is 0 Å². The lowest BCUT2D eigenvalue weighted by Gasteiger charge is -2.23. The van der Waals surface area contributed by atoms with Gasteiger partial charge >= 0.3 is 0 Å². The molecule has 0 atom stereocenters. The summed E-state index contributed by atoms with van der Waals surface area (Å²) in [6, 6.07) is 0. The molecular formula is C12H25NO2. The quantitative estimate of drug-likeness (QED) is 0.589. The Hall–Kier alpha value is -0.410. The number of ketones is 1. The number of carbonyl (C=O) groups is 1. The Kier molecular flexibility index (Phi) is 8.62. The minimum atomic E-state index is 0.284. The molecule has 0 saturated carbocycles. The third kappa shape index (κ3) is 9.88. The fraction of sp³-hybridized carbons (Fsp3) is 0.917. The summed E-state index contributed by atoms with van der Waals surface area (Å²) in [6.45, 7) is 9.90. The second-order valence-corrected chi connectivity index (χ2v) is 4.49. The molecule has 15 heavy (non-hydrogen) atoms. The highest BCUT2D eigenvalue weighted by Crippen LogP contribution is 2.01. The van der Waals surface area contributed by atoms with Crippen LogP contribution in [0.2, 0.25) is 0 Å². The number of carbonyl (C=O) groups excluding carboxylic acids is 1. The van der Waals surface area contributed by atoms with Gasteiger partial charge in [-0.15, -0.1) is 0 Å². The predicted octanol–water partition coefficient (Wildman–Crippen LogP) is 1.96. The van der Waals surface area contributed by atoms with Crippen molar-refractivity contribution in [1.82, 2.24) is 4.90 Å². The first-order valence-corrected chi connectivity index (χ1v) is 5.77. The van der Waals surface area contributed by atoms with Gasteiger partial charge in [0.2, 0.25) is 0 Å². The summed E-state index contributed by atoms with van der Waals surface area (Å²) >= 11 is 0. The molecule has 0 heterocycles. The molecule has 3 heteroatoms. The zero-order valence-corrected chi connectivity index (χ0v) is 10.6. The standard InChI is InChI=1S/C12H25NO2/c1-11(2)10-13(8-9-15-4)7-5-6-12(3)14/h11H,5-10H2,1-4H3. The molecule has 0 aliphatic rings. The molecule has 0 N–H and O–H groups in total. The Labute approximate surface area is 93.8 Å². The summed E-state index contributed by atoms with van der Waals surface area (Å²) in [4.78, 5) is 13.2. The molecule has 3 nitrogen and oxygen atoms in total. The van der Waals surface area contributed by atoms with E-state index in [2.05, 4.69) is 18.7 Å². The van der Waals surface area contributed by atoms with Gasteiger partial charge in [-0.2, -0.15) is 0 Å². The summed E-state index contributed by atoms with van der Waals surface area (Å²) in [5.41, 5.74) is 0. The molecule has 0 aromatic carbocycles. The van der Waals surface area contributed by atoms with Crippen LogP contribution in [0.25, 0.3) is 0 Å². The number of ether oxygens (including phenoxy) is 1. The van der Waals surface area contributed by atoms with Crippen molar-refractivity contribution in [2.24, 2.45) is 5.92 Å². The molecule has 0 bridgehead atoms. The molecular weight excluding hydrogens is 190 g/mol. The molecule has 0 radical (unpaired) electrons. The van der Waals surface area contributed by atoms with Gasteiger partial charge in [-0.1, -0.05) is 13.8 Å². The first-order chi connectivity index (χ1) is 7.06. The molecule has 0 amide bonds. The van der Waals surface area contributed by atoms with Crippen LogP contribution in [0.3, 0.4) is 0 Å². The zero-order valence-electron chi connectivity index (χ0n) is 10.6. The van der Waals surface area contributed by atoms with E-state index in [1.165, 1.54) is 0 Å². The summed E-state index contributed by atoms with van der Waals surface area (Å²) in [7, 11) is 1.73. The Morgan fingerprint density at radius 2 is 2.00 bits per heavy atom. The number of Topliss-reactive ketones (excluding diaryl/α,β-unsaturated/α-hetero) is 1. The highest BCUT2D eigenvalue weighted by molar-refractivity contribution is 5.75. The van der Waals surface area contributed by atoms with Gasteiger partial charge in [0.15, 0.2) is 0 Å². The SMILES string of the molecule is COCCN(CCCC(C)=O)CC(C)C. The number of hydrogen-bond donors (Lipinski definition) is 0. The van der Waals surface area contributed by atoms with Gasteiger partial charge < -0.3 is 14.4 Å². The van der Waals surface area contributed by atoms with Crippen LogP contribution in [-0.4, -0.2) is 44.0 Å². The minimum absolute atomic E-state index is 0.284. The molecule has 0 aliphatic carbocycles. The van der Waals surface area contributed by atoms with Crippen LogP contribution in [0.5, 0.6) is 0 Å². The van der Waals surface area contributed by atoms with Gasteiger partial charge in [-0.05, 0) is 25.8 Å². The normalized spacial score (nSPS) is 11.3. The fourth-order valence-corrected chi connectivity index (χ4v) is 1.58. The zero-order chi connectivity index (χ0) is 11.7. The Morgan fingerprint density at radius 3 is 2.47 bits per heavy atom. The van der Waals surface area contributed by atoms with E-state index in [0.29, 0.717) is 12.3 Å². The van der Waals surface area contributed by atoms with Crippen molar-refractivity contribution in [3.8, 4) is 0 Å².